The van der Waals surface area contributed by atoms with Gasteiger partial charge in [-0.15, -0.1) is 0 Å². The van der Waals surface area contributed by atoms with Crippen molar-refractivity contribution in [1.82, 2.24) is 4.72 Å². The van der Waals surface area contributed by atoms with Crippen LogP contribution in [0.25, 0.3) is 0 Å². The van der Waals surface area contributed by atoms with Crippen LogP contribution in [0, 0.1) is 12.7 Å². The van der Waals surface area contributed by atoms with Crippen molar-refractivity contribution in [2.75, 3.05) is 0 Å². The molecule has 0 aliphatic heterocycles. The number of benzene rings is 1. The number of nitrogens with one attached hydrogen (secondary N) is 1. The van der Waals surface area contributed by atoms with E-state index < -0.39 is 27.9 Å². The van der Waals surface area contributed by atoms with Gasteiger partial charge in [0.1, 0.15) is 11.9 Å². The second-order valence-electron chi connectivity index (χ2n) is 3.54. The predicted octanol–water partition coefficient (Wildman–Crippen LogP) is 0.886. The van der Waals surface area contributed by atoms with Crippen molar-refractivity contribution in [3.05, 3.63) is 29.6 Å². The van der Waals surface area contributed by atoms with Gasteiger partial charge in [0, 0.05) is 5.56 Å². The number of carboxylic acid groups (broad SMARTS) is 1. The number of aliphatic carboxylic acids is 1. The first kappa shape index (κ1) is 13.6. The highest BCUT2D eigenvalue weighted by Gasteiger charge is 2.23. The highest BCUT2D eigenvalue weighted by Crippen LogP contribution is 2.17. The van der Waals surface area contributed by atoms with E-state index in [2.05, 4.69) is 0 Å². The zero-order valence-electron chi connectivity index (χ0n) is 9.27. The Morgan fingerprint density at radius 3 is 2.59 bits per heavy atom. The molecule has 0 unspecified atom stereocenters. The third-order valence-electron chi connectivity index (χ3n) is 2.21. The molecule has 0 fully saturated rings. The van der Waals surface area contributed by atoms with Crippen molar-refractivity contribution in [1.29, 1.82) is 0 Å². The molecule has 7 heteroatoms. The molecule has 0 amide bonds. The van der Waals surface area contributed by atoms with Gasteiger partial charge in [-0.1, -0.05) is 6.07 Å². The molecule has 0 bridgehead atoms. The molecule has 0 heterocycles. The Morgan fingerprint density at radius 1 is 1.47 bits per heavy atom. The Hall–Kier alpha value is -1.47. The van der Waals surface area contributed by atoms with Gasteiger partial charge in [-0.3, -0.25) is 4.79 Å². The first-order valence-corrected chi connectivity index (χ1v) is 6.24. The summed E-state index contributed by atoms with van der Waals surface area (Å²) in [6.45, 7) is 2.50. The van der Waals surface area contributed by atoms with E-state index in [1.165, 1.54) is 26.0 Å². The molecule has 0 aliphatic carbocycles. The zero-order valence-corrected chi connectivity index (χ0v) is 10.1. The van der Waals surface area contributed by atoms with Gasteiger partial charge in [0.25, 0.3) is 0 Å². The summed E-state index contributed by atoms with van der Waals surface area (Å²) in [5.74, 6) is -1.96. The predicted molar refractivity (Wildman–Crippen MR) is 58.6 cm³/mol. The van der Waals surface area contributed by atoms with Gasteiger partial charge in [-0.05, 0) is 26.0 Å². The van der Waals surface area contributed by atoms with Crippen LogP contribution in [0.2, 0.25) is 0 Å². The number of halogens is 1. The highest BCUT2D eigenvalue weighted by atomic mass is 32.2. The number of sulfonamides is 1. The van der Waals surface area contributed by atoms with Crippen molar-refractivity contribution in [3.63, 3.8) is 0 Å². The maximum atomic E-state index is 13.2. The van der Waals surface area contributed by atoms with Crippen molar-refractivity contribution in [3.8, 4) is 0 Å². The SMILES string of the molecule is Cc1c(F)cccc1S(=O)(=O)N[C@H](C)C(=O)O. The first-order chi connectivity index (χ1) is 7.75. The van der Waals surface area contributed by atoms with Gasteiger partial charge in [-0.25, -0.2) is 12.8 Å². The van der Waals surface area contributed by atoms with E-state index in [1.54, 1.807) is 0 Å². The molecule has 0 radical (unpaired) electrons. The third-order valence-corrected chi connectivity index (χ3v) is 3.90. The molecule has 0 saturated carbocycles. The fraction of sp³-hybridized carbons (Fsp3) is 0.300. The summed E-state index contributed by atoms with van der Waals surface area (Å²) in [7, 11) is -4.03. The molecule has 5 nitrogen and oxygen atoms in total. The molecule has 1 aromatic rings. The van der Waals surface area contributed by atoms with E-state index in [-0.39, 0.29) is 10.5 Å². The smallest absolute Gasteiger partial charge is 0.321 e. The van der Waals surface area contributed by atoms with Crippen LogP contribution in [-0.2, 0) is 14.8 Å². The normalized spacial score (nSPS) is 13.4. The second-order valence-corrected chi connectivity index (χ2v) is 5.23. The van der Waals surface area contributed by atoms with Crippen LogP contribution < -0.4 is 4.72 Å². The van der Waals surface area contributed by atoms with Crippen LogP contribution in [0.3, 0.4) is 0 Å². The van der Waals surface area contributed by atoms with Crippen molar-refractivity contribution >= 4 is 16.0 Å². The topological polar surface area (TPSA) is 83.5 Å². The molecule has 94 valence electrons. The van der Waals surface area contributed by atoms with Crippen LogP contribution >= 0.6 is 0 Å². The van der Waals surface area contributed by atoms with E-state index in [0.29, 0.717) is 0 Å². The van der Waals surface area contributed by atoms with Gasteiger partial charge in [0.15, 0.2) is 0 Å². The zero-order chi connectivity index (χ0) is 13.2. The van der Waals surface area contributed by atoms with Crippen LogP contribution in [0.4, 0.5) is 4.39 Å². The van der Waals surface area contributed by atoms with Gasteiger partial charge in [0.05, 0.1) is 4.90 Å². The van der Waals surface area contributed by atoms with Gasteiger partial charge in [-0.2, -0.15) is 4.72 Å². The number of carboxylic acids is 1. The molecule has 0 aromatic heterocycles. The Morgan fingerprint density at radius 2 is 2.06 bits per heavy atom. The summed E-state index contributed by atoms with van der Waals surface area (Å²) in [6.07, 6.45) is 0. The molecule has 0 aliphatic rings. The number of hydrogen-bond donors (Lipinski definition) is 2. The Kier molecular flexibility index (Phi) is 3.84. The average Bonchev–Trinajstić information content (AvgIpc) is 2.21. The van der Waals surface area contributed by atoms with E-state index in [0.717, 1.165) is 6.07 Å². The monoisotopic (exact) mass is 261 g/mol. The second kappa shape index (κ2) is 4.80. The molecule has 17 heavy (non-hydrogen) atoms. The van der Waals surface area contributed by atoms with E-state index >= 15 is 0 Å². The quantitative estimate of drug-likeness (QED) is 0.843. The highest BCUT2D eigenvalue weighted by molar-refractivity contribution is 7.89. The maximum absolute atomic E-state index is 13.2. The fourth-order valence-electron chi connectivity index (χ4n) is 1.23. The van der Waals surface area contributed by atoms with Crippen LogP contribution in [-0.4, -0.2) is 25.5 Å². The minimum absolute atomic E-state index is 0.0439. The number of hydrogen-bond acceptors (Lipinski definition) is 3. The minimum atomic E-state index is -4.03. The molecular weight excluding hydrogens is 249 g/mol. The Labute approximate surface area is 98.3 Å². The van der Waals surface area contributed by atoms with Crippen LogP contribution in [0.1, 0.15) is 12.5 Å². The van der Waals surface area contributed by atoms with E-state index in [4.69, 9.17) is 5.11 Å². The largest absolute Gasteiger partial charge is 0.480 e. The molecule has 0 spiro atoms. The van der Waals surface area contributed by atoms with E-state index in [1.807, 2.05) is 4.72 Å². The maximum Gasteiger partial charge on any atom is 0.321 e. The Bertz CT molecular complexity index is 541. The first-order valence-electron chi connectivity index (χ1n) is 4.76. The van der Waals surface area contributed by atoms with Crippen molar-refractivity contribution in [2.45, 2.75) is 24.8 Å². The standard InChI is InChI=1S/C10H12FNO4S/c1-6-8(11)4-3-5-9(6)17(15,16)12-7(2)10(13)14/h3-5,7,12H,1-2H3,(H,13,14)/t7-/m1/s1. The lowest BCUT2D eigenvalue weighted by Gasteiger charge is -2.12. The summed E-state index contributed by atoms with van der Waals surface area (Å²) in [6, 6.07) is 2.33. The Balaban J connectivity index is 3.14. The van der Waals surface area contributed by atoms with Gasteiger partial charge < -0.3 is 5.11 Å². The summed E-state index contributed by atoms with van der Waals surface area (Å²) in [5, 5.41) is 8.62. The molecular formula is C10H12FNO4S. The third kappa shape index (κ3) is 3.01. The summed E-state index contributed by atoms with van der Waals surface area (Å²) in [4.78, 5) is 10.3. The summed E-state index contributed by atoms with van der Waals surface area (Å²) < 4.78 is 38.7. The fourth-order valence-corrected chi connectivity index (χ4v) is 2.68. The average molecular weight is 261 g/mol. The number of rotatable bonds is 4. The minimum Gasteiger partial charge on any atom is -0.480 e. The lowest BCUT2D eigenvalue weighted by molar-refractivity contribution is -0.138. The van der Waals surface area contributed by atoms with Crippen LogP contribution in [0.5, 0.6) is 0 Å². The van der Waals surface area contributed by atoms with Gasteiger partial charge in [0.2, 0.25) is 10.0 Å². The lowest BCUT2D eigenvalue weighted by atomic mass is 10.2. The van der Waals surface area contributed by atoms with E-state index in [9.17, 15) is 17.6 Å². The summed E-state index contributed by atoms with van der Waals surface area (Å²) in [5.41, 5.74) is -0.0439. The van der Waals surface area contributed by atoms with Crippen molar-refractivity contribution < 1.29 is 22.7 Å². The van der Waals surface area contributed by atoms with Crippen molar-refractivity contribution in [2.24, 2.45) is 0 Å². The van der Waals surface area contributed by atoms with Crippen LogP contribution in [0.15, 0.2) is 23.1 Å². The molecule has 1 rings (SSSR count). The van der Waals surface area contributed by atoms with Gasteiger partial charge >= 0.3 is 5.97 Å². The lowest BCUT2D eigenvalue weighted by Crippen LogP contribution is -2.38. The molecule has 1 atom stereocenters. The molecule has 1 aromatic carbocycles. The number of carbonyl (C=O) groups is 1. The molecule has 0 saturated heterocycles. The summed E-state index contributed by atoms with van der Waals surface area (Å²) >= 11 is 0. The molecule has 2 N–H and O–H groups in total.